The topological polar surface area (TPSA) is 29.1 Å². The van der Waals surface area contributed by atoms with Gasteiger partial charge in [0.15, 0.2) is 0 Å². The van der Waals surface area contributed by atoms with Gasteiger partial charge in [0.1, 0.15) is 0 Å². The Morgan fingerprint density at radius 1 is 1.56 bits per heavy atom. The molecular formula is C13H17NOS. The number of nitrogens with one attached hydrogen (secondary N) is 1. The lowest BCUT2D eigenvalue weighted by Gasteiger charge is -2.05. The van der Waals surface area contributed by atoms with Crippen molar-refractivity contribution in [2.75, 3.05) is 16.8 Å². The molecule has 1 aromatic carbocycles. The average molecular weight is 235 g/mol. The highest BCUT2D eigenvalue weighted by molar-refractivity contribution is 7.99. The maximum Gasteiger partial charge on any atom is 0.234 e. The van der Waals surface area contributed by atoms with Gasteiger partial charge in [-0.3, -0.25) is 4.79 Å². The average Bonchev–Trinajstić information content (AvgIpc) is 2.24. The number of allylic oxidation sites excluding steroid dienone is 1. The molecule has 0 aromatic heterocycles. The van der Waals surface area contributed by atoms with Gasteiger partial charge in [0.05, 0.1) is 5.75 Å². The second kappa shape index (κ2) is 7.12. The number of carbonyl (C=O) groups is 1. The fraction of sp³-hybridized carbons (Fsp3) is 0.308. The van der Waals surface area contributed by atoms with Crippen molar-refractivity contribution in [2.45, 2.75) is 13.3 Å². The van der Waals surface area contributed by atoms with E-state index in [1.165, 1.54) is 0 Å². The van der Waals surface area contributed by atoms with Crippen LogP contribution in [0.5, 0.6) is 0 Å². The third-order valence-corrected chi connectivity index (χ3v) is 2.99. The highest BCUT2D eigenvalue weighted by Gasteiger charge is 2.01. The Labute approximate surface area is 101 Å². The van der Waals surface area contributed by atoms with Gasteiger partial charge in [-0.25, -0.2) is 0 Å². The van der Waals surface area contributed by atoms with Crippen LogP contribution in [0.1, 0.15) is 12.0 Å². The van der Waals surface area contributed by atoms with Gasteiger partial charge in [0.2, 0.25) is 5.91 Å². The van der Waals surface area contributed by atoms with Crippen molar-refractivity contribution in [3.05, 3.63) is 42.5 Å². The largest absolute Gasteiger partial charge is 0.325 e. The molecule has 1 rings (SSSR count). The molecule has 3 heteroatoms. The fourth-order valence-electron chi connectivity index (χ4n) is 1.25. The van der Waals surface area contributed by atoms with Crippen molar-refractivity contribution >= 4 is 23.4 Å². The molecule has 0 unspecified atom stereocenters. The van der Waals surface area contributed by atoms with Crippen molar-refractivity contribution in [3.63, 3.8) is 0 Å². The highest BCUT2D eigenvalue weighted by atomic mass is 32.2. The molecule has 0 heterocycles. The van der Waals surface area contributed by atoms with Gasteiger partial charge >= 0.3 is 0 Å². The Balaban J connectivity index is 2.31. The molecule has 0 fully saturated rings. The zero-order valence-electron chi connectivity index (χ0n) is 9.53. The molecule has 0 aliphatic carbocycles. The normalized spacial score (nSPS) is 9.81. The standard InChI is InChI=1S/C13H17NOS/c1-3-4-8-16-10-13(15)14-12-7-5-6-11(2)9-12/h3,5-7,9H,1,4,8,10H2,2H3,(H,14,15). The first-order valence-corrected chi connectivity index (χ1v) is 6.43. The van der Waals surface area contributed by atoms with Crippen molar-refractivity contribution < 1.29 is 4.79 Å². The lowest BCUT2D eigenvalue weighted by Crippen LogP contribution is -2.14. The summed E-state index contributed by atoms with van der Waals surface area (Å²) >= 11 is 1.63. The minimum Gasteiger partial charge on any atom is -0.325 e. The predicted octanol–water partition coefficient (Wildman–Crippen LogP) is 3.24. The summed E-state index contributed by atoms with van der Waals surface area (Å²) in [5.74, 6) is 1.51. The van der Waals surface area contributed by atoms with E-state index in [0.717, 1.165) is 23.4 Å². The quantitative estimate of drug-likeness (QED) is 0.606. The van der Waals surface area contributed by atoms with E-state index in [0.29, 0.717) is 5.75 Å². The molecule has 0 saturated carbocycles. The van der Waals surface area contributed by atoms with Crippen LogP contribution in [0.25, 0.3) is 0 Å². The molecular weight excluding hydrogens is 218 g/mol. The van der Waals surface area contributed by atoms with E-state index in [4.69, 9.17) is 0 Å². The summed E-state index contributed by atoms with van der Waals surface area (Å²) in [6, 6.07) is 7.82. The Bertz CT molecular complexity index is 363. The third-order valence-electron chi connectivity index (χ3n) is 2.00. The van der Waals surface area contributed by atoms with Gasteiger partial charge in [0.25, 0.3) is 0 Å². The number of amides is 1. The number of benzene rings is 1. The van der Waals surface area contributed by atoms with Crippen LogP contribution in [0.4, 0.5) is 5.69 Å². The van der Waals surface area contributed by atoms with Crippen molar-refractivity contribution in [3.8, 4) is 0 Å². The highest BCUT2D eigenvalue weighted by Crippen LogP contribution is 2.10. The van der Waals surface area contributed by atoms with Gasteiger partial charge in [-0.05, 0) is 36.8 Å². The van der Waals surface area contributed by atoms with Gasteiger partial charge in [-0.1, -0.05) is 18.2 Å². The Morgan fingerprint density at radius 2 is 2.38 bits per heavy atom. The first-order valence-electron chi connectivity index (χ1n) is 5.27. The summed E-state index contributed by atoms with van der Waals surface area (Å²) in [6.07, 6.45) is 2.81. The van der Waals surface area contributed by atoms with Crippen LogP contribution < -0.4 is 5.32 Å². The van der Waals surface area contributed by atoms with Gasteiger partial charge < -0.3 is 5.32 Å². The molecule has 1 amide bonds. The van der Waals surface area contributed by atoms with E-state index in [1.807, 2.05) is 37.3 Å². The zero-order valence-corrected chi connectivity index (χ0v) is 10.3. The summed E-state index contributed by atoms with van der Waals surface area (Å²) in [4.78, 5) is 11.5. The van der Waals surface area contributed by atoms with Gasteiger partial charge in [-0.2, -0.15) is 11.8 Å². The van der Waals surface area contributed by atoms with Crippen LogP contribution in [0.15, 0.2) is 36.9 Å². The van der Waals surface area contributed by atoms with Crippen molar-refractivity contribution in [1.29, 1.82) is 0 Å². The van der Waals surface area contributed by atoms with E-state index in [-0.39, 0.29) is 5.91 Å². The molecule has 16 heavy (non-hydrogen) atoms. The third kappa shape index (κ3) is 5.03. The van der Waals surface area contributed by atoms with Crippen LogP contribution in [-0.2, 0) is 4.79 Å². The number of anilines is 1. The first-order chi connectivity index (χ1) is 7.72. The molecule has 0 aliphatic heterocycles. The van der Waals surface area contributed by atoms with Crippen LogP contribution >= 0.6 is 11.8 Å². The lowest BCUT2D eigenvalue weighted by atomic mass is 10.2. The van der Waals surface area contributed by atoms with Crippen LogP contribution in [0, 0.1) is 6.92 Å². The monoisotopic (exact) mass is 235 g/mol. The Morgan fingerprint density at radius 3 is 3.06 bits per heavy atom. The number of carbonyl (C=O) groups excluding carboxylic acids is 1. The smallest absolute Gasteiger partial charge is 0.234 e. The Kier molecular flexibility index (Phi) is 5.72. The van der Waals surface area contributed by atoms with Crippen LogP contribution in [0.3, 0.4) is 0 Å². The molecule has 86 valence electrons. The number of rotatable bonds is 6. The van der Waals surface area contributed by atoms with Crippen molar-refractivity contribution in [1.82, 2.24) is 0 Å². The summed E-state index contributed by atoms with van der Waals surface area (Å²) in [5.41, 5.74) is 2.02. The van der Waals surface area contributed by atoms with Crippen molar-refractivity contribution in [2.24, 2.45) is 0 Å². The summed E-state index contributed by atoms with van der Waals surface area (Å²) in [6.45, 7) is 5.65. The summed E-state index contributed by atoms with van der Waals surface area (Å²) in [7, 11) is 0. The van der Waals surface area contributed by atoms with E-state index in [2.05, 4.69) is 11.9 Å². The zero-order chi connectivity index (χ0) is 11.8. The molecule has 0 saturated heterocycles. The summed E-state index contributed by atoms with van der Waals surface area (Å²) in [5, 5.41) is 2.87. The van der Waals surface area contributed by atoms with E-state index < -0.39 is 0 Å². The Hall–Kier alpha value is -1.22. The predicted molar refractivity (Wildman–Crippen MR) is 71.9 cm³/mol. The molecule has 2 nitrogen and oxygen atoms in total. The number of hydrogen-bond acceptors (Lipinski definition) is 2. The van der Waals surface area contributed by atoms with E-state index in [9.17, 15) is 4.79 Å². The molecule has 0 spiro atoms. The summed E-state index contributed by atoms with van der Waals surface area (Å²) < 4.78 is 0. The minimum atomic E-state index is 0.0552. The first kappa shape index (κ1) is 12.8. The number of thioether (sulfide) groups is 1. The molecule has 0 bridgehead atoms. The maximum absolute atomic E-state index is 11.5. The molecule has 1 N–H and O–H groups in total. The van der Waals surface area contributed by atoms with Crippen LogP contribution in [0.2, 0.25) is 0 Å². The SMILES string of the molecule is C=CCCSCC(=O)Nc1cccc(C)c1. The number of hydrogen-bond donors (Lipinski definition) is 1. The molecule has 0 atom stereocenters. The number of aryl methyl sites for hydroxylation is 1. The molecule has 0 radical (unpaired) electrons. The van der Waals surface area contributed by atoms with E-state index >= 15 is 0 Å². The van der Waals surface area contributed by atoms with Crippen LogP contribution in [-0.4, -0.2) is 17.4 Å². The molecule has 0 aliphatic rings. The van der Waals surface area contributed by atoms with Gasteiger partial charge in [-0.15, -0.1) is 6.58 Å². The fourth-order valence-corrected chi connectivity index (χ4v) is 1.99. The van der Waals surface area contributed by atoms with Gasteiger partial charge in [0, 0.05) is 5.69 Å². The lowest BCUT2D eigenvalue weighted by molar-refractivity contribution is -0.113. The molecule has 1 aromatic rings. The maximum atomic E-state index is 11.5. The second-order valence-electron chi connectivity index (χ2n) is 3.55. The minimum absolute atomic E-state index is 0.0552. The second-order valence-corrected chi connectivity index (χ2v) is 4.65. The van der Waals surface area contributed by atoms with E-state index in [1.54, 1.807) is 11.8 Å².